The average Bonchev–Trinajstić information content (AvgIpc) is 2.78. The van der Waals surface area contributed by atoms with Gasteiger partial charge in [0.2, 0.25) is 5.95 Å². The van der Waals surface area contributed by atoms with E-state index in [1.807, 2.05) is 54.5 Å². The van der Waals surface area contributed by atoms with Crippen molar-refractivity contribution in [1.29, 1.82) is 0 Å². The Labute approximate surface area is 167 Å². The Hall–Kier alpha value is -2.13. The maximum absolute atomic E-state index is 12.1. The Balaban J connectivity index is 2.23. The Morgan fingerprint density at radius 1 is 1.18 bits per heavy atom. The van der Waals surface area contributed by atoms with Crippen LogP contribution in [0, 0.1) is 0 Å². The molecule has 1 aromatic heterocycles. The number of ether oxygens (including phenoxy) is 1. The lowest BCUT2D eigenvalue weighted by Gasteiger charge is -2.32. The quantitative estimate of drug-likeness (QED) is 0.746. The highest BCUT2D eigenvalue weighted by atomic mass is 16.7. The summed E-state index contributed by atoms with van der Waals surface area (Å²) < 4.78 is 17.6. The molecule has 1 amide bonds. The van der Waals surface area contributed by atoms with Gasteiger partial charge in [0, 0.05) is 31.5 Å². The van der Waals surface area contributed by atoms with E-state index in [4.69, 9.17) is 14.0 Å². The first-order valence-electron chi connectivity index (χ1n) is 9.36. The second-order valence-corrected chi connectivity index (χ2v) is 8.75. The largest absolute Gasteiger partial charge is 0.492 e. The summed E-state index contributed by atoms with van der Waals surface area (Å²) in [6.45, 7) is 13.6. The smallest absolute Gasteiger partial charge is 0.444 e. The molecule has 0 radical (unpaired) electrons. The van der Waals surface area contributed by atoms with Gasteiger partial charge in [-0.3, -0.25) is 0 Å². The number of alkyl carbamates (subject to hydrolysis) is 1. The van der Waals surface area contributed by atoms with Crippen molar-refractivity contribution in [3.63, 3.8) is 0 Å². The number of carbonyl (C=O) groups excluding carboxylic acids is 1. The van der Waals surface area contributed by atoms with E-state index in [1.165, 1.54) is 0 Å². The SMILES string of the molecule is CNc1ncc(C=C(CNC(=O)OC(C)(C)C)B2OC(C)(C)C(C)(C)O2)cn1. The normalized spacial score (nSPS) is 18.7. The van der Waals surface area contributed by atoms with E-state index < -0.39 is 30.0 Å². The van der Waals surface area contributed by atoms with E-state index >= 15 is 0 Å². The summed E-state index contributed by atoms with van der Waals surface area (Å²) >= 11 is 0. The molecule has 9 heteroatoms. The molecule has 1 aromatic rings. The number of hydrogen-bond acceptors (Lipinski definition) is 7. The van der Waals surface area contributed by atoms with E-state index in [-0.39, 0.29) is 6.54 Å². The average molecular weight is 390 g/mol. The number of carbonyl (C=O) groups is 1. The van der Waals surface area contributed by atoms with Crippen LogP contribution < -0.4 is 10.6 Å². The zero-order valence-corrected chi connectivity index (χ0v) is 18.0. The van der Waals surface area contributed by atoms with Crippen molar-refractivity contribution in [3.8, 4) is 0 Å². The van der Waals surface area contributed by atoms with Gasteiger partial charge in [0.1, 0.15) is 5.60 Å². The maximum atomic E-state index is 12.1. The fourth-order valence-corrected chi connectivity index (χ4v) is 2.44. The number of rotatable bonds is 5. The number of amides is 1. The van der Waals surface area contributed by atoms with Gasteiger partial charge in [-0.25, -0.2) is 14.8 Å². The van der Waals surface area contributed by atoms with Crippen LogP contribution in [0.5, 0.6) is 0 Å². The maximum Gasteiger partial charge on any atom is 0.492 e. The van der Waals surface area contributed by atoms with E-state index in [2.05, 4.69) is 20.6 Å². The molecule has 0 atom stereocenters. The summed E-state index contributed by atoms with van der Waals surface area (Å²) in [6, 6.07) is 0. The molecule has 0 bridgehead atoms. The van der Waals surface area contributed by atoms with Gasteiger partial charge in [-0.05, 0) is 53.9 Å². The lowest BCUT2D eigenvalue weighted by Crippen LogP contribution is -2.41. The van der Waals surface area contributed by atoms with Gasteiger partial charge in [0.25, 0.3) is 0 Å². The molecule has 1 saturated heterocycles. The van der Waals surface area contributed by atoms with Gasteiger partial charge >= 0.3 is 13.2 Å². The van der Waals surface area contributed by atoms with Crippen molar-refractivity contribution >= 4 is 25.2 Å². The first-order valence-corrected chi connectivity index (χ1v) is 9.36. The minimum absolute atomic E-state index is 0.208. The summed E-state index contributed by atoms with van der Waals surface area (Å²) in [4.78, 5) is 20.5. The predicted molar refractivity (Wildman–Crippen MR) is 110 cm³/mol. The number of nitrogens with zero attached hydrogens (tertiary/aromatic N) is 2. The Bertz CT molecular complexity index is 710. The molecule has 2 rings (SSSR count). The van der Waals surface area contributed by atoms with E-state index in [0.29, 0.717) is 5.95 Å². The molecule has 0 aromatic carbocycles. The molecule has 0 unspecified atom stereocenters. The van der Waals surface area contributed by atoms with Gasteiger partial charge in [-0.2, -0.15) is 0 Å². The topological polar surface area (TPSA) is 94.6 Å². The van der Waals surface area contributed by atoms with Crippen LogP contribution in [0.15, 0.2) is 17.9 Å². The molecular formula is C19H31BN4O4. The van der Waals surface area contributed by atoms with Crippen molar-refractivity contribution in [1.82, 2.24) is 15.3 Å². The number of aromatic nitrogens is 2. The fourth-order valence-electron chi connectivity index (χ4n) is 2.44. The molecule has 1 aliphatic rings. The van der Waals surface area contributed by atoms with Crippen LogP contribution in [-0.2, 0) is 14.0 Å². The van der Waals surface area contributed by atoms with Gasteiger partial charge in [0.05, 0.1) is 11.2 Å². The molecule has 1 fully saturated rings. The second kappa shape index (κ2) is 8.09. The van der Waals surface area contributed by atoms with Crippen LogP contribution in [0.2, 0.25) is 0 Å². The van der Waals surface area contributed by atoms with Crippen LogP contribution in [0.4, 0.5) is 10.7 Å². The van der Waals surface area contributed by atoms with E-state index in [9.17, 15) is 4.79 Å². The van der Waals surface area contributed by atoms with Crippen molar-refractivity contribution < 1.29 is 18.8 Å². The molecular weight excluding hydrogens is 359 g/mol. The zero-order chi connectivity index (χ0) is 21.2. The minimum atomic E-state index is -0.607. The summed E-state index contributed by atoms with van der Waals surface area (Å²) in [5, 5.41) is 5.65. The van der Waals surface area contributed by atoms with Gasteiger partial charge < -0.3 is 24.7 Å². The molecule has 2 N–H and O–H groups in total. The zero-order valence-electron chi connectivity index (χ0n) is 18.0. The van der Waals surface area contributed by atoms with E-state index in [1.54, 1.807) is 19.4 Å². The highest BCUT2D eigenvalue weighted by Crippen LogP contribution is 2.38. The third kappa shape index (κ3) is 5.69. The fraction of sp³-hybridized carbons (Fsp3) is 0.632. The van der Waals surface area contributed by atoms with Crippen LogP contribution in [0.3, 0.4) is 0 Å². The third-order valence-electron chi connectivity index (χ3n) is 4.64. The van der Waals surface area contributed by atoms with Crippen molar-refractivity contribution in [3.05, 3.63) is 23.4 Å². The third-order valence-corrected chi connectivity index (χ3v) is 4.64. The monoisotopic (exact) mass is 390 g/mol. The number of anilines is 1. The number of nitrogens with one attached hydrogen (secondary N) is 2. The van der Waals surface area contributed by atoms with Crippen LogP contribution >= 0.6 is 0 Å². The standard InChI is InChI=1S/C19H31BN4O4/c1-17(2,3)26-16(25)24-12-14(9-13-10-22-15(21-8)23-11-13)20-27-18(4,5)19(6,7)28-20/h9-11H,12H2,1-8H3,(H,24,25)(H,21,22,23). The molecule has 8 nitrogen and oxygen atoms in total. The van der Waals surface area contributed by atoms with Gasteiger partial charge in [0.15, 0.2) is 0 Å². The van der Waals surface area contributed by atoms with E-state index in [0.717, 1.165) is 11.0 Å². The molecule has 2 heterocycles. The highest BCUT2D eigenvalue weighted by molar-refractivity contribution is 6.56. The van der Waals surface area contributed by atoms with Crippen LogP contribution in [0.25, 0.3) is 6.08 Å². The molecule has 0 saturated carbocycles. The Morgan fingerprint density at radius 3 is 2.18 bits per heavy atom. The molecule has 28 heavy (non-hydrogen) atoms. The molecule has 154 valence electrons. The van der Waals surface area contributed by atoms with Gasteiger partial charge in [-0.1, -0.05) is 6.08 Å². The first-order chi connectivity index (χ1) is 12.8. The summed E-state index contributed by atoms with van der Waals surface area (Å²) in [7, 11) is 1.15. The van der Waals surface area contributed by atoms with Crippen molar-refractivity contribution in [2.75, 3.05) is 18.9 Å². The van der Waals surface area contributed by atoms with Crippen molar-refractivity contribution in [2.45, 2.75) is 65.3 Å². The molecule has 0 aliphatic carbocycles. The van der Waals surface area contributed by atoms with Crippen LogP contribution in [-0.4, -0.2) is 53.6 Å². The van der Waals surface area contributed by atoms with Gasteiger partial charge in [-0.15, -0.1) is 0 Å². The Kier molecular flexibility index (Phi) is 6.40. The first kappa shape index (κ1) is 22.2. The molecule has 1 aliphatic heterocycles. The Morgan fingerprint density at radius 2 is 1.71 bits per heavy atom. The summed E-state index contributed by atoms with van der Waals surface area (Å²) in [6.07, 6.45) is 4.74. The summed E-state index contributed by atoms with van der Waals surface area (Å²) in [5.41, 5.74) is -0.0422. The highest BCUT2D eigenvalue weighted by Gasteiger charge is 2.52. The second-order valence-electron chi connectivity index (χ2n) is 8.75. The lowest BCUT2D eigenvalue weighted by molar-refractivity contribution is 0.00578. The summed E-state index contributed by atoms with van der Waals surface area (Å²) in [5.74, 6) is 0.529. The lowest BCUT2D eigenvalue weighted by atomic mass is 9.77. The minimum Gasteiger partial charge on any atom is -0.444 e. The van der Waals surface area contributed by atoms with Crippen LogP contribution in [0.1, 0.15) is 54.0 Å². The van der Waals surface area contributed by atoms with Crippen molar-refractivity contribution in [2.24, 2.45) is 0 Å². The number of hydrogen-bond donors (Lipinski definition) is 2. The molecule has 0 spiro atoms. The predicted octanol–water partition coefficient (Wildman–Crippen LogP) is 3.06.